The van der Waals surface area contributed by atoms with Crippen LogP contribution in [-0.2, 0) is 11.2 Å². The summed E-state index contributed by atoms with van der Waals surface area (Å²) in [6.07, 6.45) is 2.69. The predicted octanol–water partition coefficient (Wildman–Crippen LogP) is 2.92. The highest BCUT2D eigenvalue weighted by molar-refractivity contribution is 6.31. The Kier molecular flexibility index (Phi) is 3.65. The van der Waals surface area contributed by atoms with Gasteiger partial charge in [-0.3, -0.25) is 4.79 Å². The number of fused-ring (bicyclic) bond motifs is 1. The van der Waals surface area contributed by atoms with Crippen LogP contribution in [0.15, 0.2) is 18.2 Å². The van der Waals surface area contributed by atoms with Gasteiger partial charge in [0.1, 0.15) is 0 Å². The van der Waals surface area contributed by atoms with E-state index in [1.807, 2.05) is 18.2 Å². The van der Waals surface area contributed by atoms with Gasteiger partial charge in [-0.05, 0) is 30.5 Å². The lowest BCUT2D eigenvalue weighted by Gasteiger charge is -2.17. The molecule has 1 aromatic carbocycles. The van der Waals surface area contributed by atoms with Crippen molar-refractivity contribution < 1.29 is 4.79 Å². The minimum atomic E-state index is 0.124. The zero-order valence-corrected chi connectivity index (χ0v) is 10.2. The highest BCUT2D eigenvalue weighted by Gasteiger charge is 2.26. The van der Waals surface area contributed by atoms with Gasteiger partial charge in [0.15, 0.2) is 0 Å². The molecule has 2 rings (SSSR count). The van der Waals surface area contributed by atoms with Crippen molar-refractivity contribution in [3.05, 3.63) is 28.8 Å². The Balaban J connectivity index is 2.06. The van der Waals surface area contributed by atoms with Crippen molar-refractivity contribution in [3.8, 4) is 6.07 Å². The van der Waals surface area contributed by atoms with Crippen LogP contribution >= 0.6 is 11.6 Å². The summed E-state index contributed by atoms with van der Waals surface area (Å²) in [4.78, 5) is 13.6. The van der Waals surface area contributed by atoms with Crippen LogP contribution in [0.3, 0.4) is 0 Å². The molecule has 3 nitrogen and oxygen atoms in total. The second-order valence-electron chi connectivity index (χ2n) is 4.11. The number of carbonyl (C=O) groups is 1. The van der Waals surface area contributed by atoms with E-state index < -0.39 is 0 Å². The first-order valence-corrected chi connectivity index (χ1v) is 6.06. The summed E-state index contributed by atoms with van der Waals surface area (Å²) in [6, 6.07) is 7.67. The Morgan fingerprint density at radius 2 is 2.24 bits per heavy atom. The van der Waals surface area contributed by atoms with E-state index in [0.717, 1.165) is 24.1 Å². The Labute approximate surface area is 106 Å². The molecule has 0 spiro atoms. The van der Waals surface area contributed by atoms with Crippen molar-refractivity contribution in [2.24, 2.45) is 0 Å². The summed E-state index contributed by atoms with van der Waals surface area (Å²) in [5.41, 5.74) is 1.97. The molecule has 0 radical (unpaired) electrons. The van der Waals surface area contributed by atoms with Crippen molar-refractivity contribution >= 4 is 23.2 Å². The van der Waals surface area contributed by atoms with E-state index in [2.05, 4.69) is 6.07 Å². The molecule has 1 aliphatic rings. The third-order valence-electron chi connectivity index (χ3n) is 2.90. The van der Waals surface area contributed by atoms with Gasteiger partial charge in [0, 0.05) is 23.7 Å². The first-order valence-electron chi connectivity index (χ1n) is 5.68. The fourth-order valence-corrected chi connectivity index (χ4v) is 2.22. The van der Waals surface area contributed by atoms with E-state index in [9.17, 15) is 4.79 Å². The third kappa shape index (κ3) is 2.59. The minimum absolute atomic E-state index is 0.124. The number of rotatable bonds is 4. The smallest absolute Gasteiger partial charge is 0.231 e. The molecule has 0 saturated carbocycles. The molecule has 0 N–H and O–H groups in total. The Bertz CT molecular complexity index is 479. The molecule has 1 heterocycles. The lowest BCUT2D eigenvalue weighted by atomic mass is 10.2. The Morgan fingerprint density at radius 3 is 3.00 bits per heavy atom. The lowest BCUT2D eigenvalue weighted by Crippen LogP contribution is -2.27. The van der Waals surface area contributed by atoms with E-state index >= 15 is 0 Å². The van der Waals surface area contributed by atoms with Crippen LogP contribution in [0.25, 0.3) is 0 Å². The van der Waals surface area contributed by atoms with Crippen LogP contribution in [-0.4, -0.2) is 12.5 Å². The number of carbonyl (C=O) groups excluding carboxylic acids is 1. The van der Waals surface area contributed by atoms with Crippen molar-refractivity contribution in [1.82, 2.24) is 0 Å². The minimum Gasteiger partial charge on any atom is -0.312 e. The average Bonchev–Trinajstić information content (AvgIpc) is 2.61. The van der Waals surface area contributed by atoms with E-state index in [-0.39, 0.29) is 5.91 Å². The molecule has 1 aliphatic heterocycles. The summed E-state index contributed by atoms with van der Waals surface area (Å²) < 4.78 is 0. The van der Waals surface area contributed by atoms with Crippen LogP contribution in [0.5, 0.6) is 0 Å². The molecule has 0 bridgehead atoms. The molecule has 0 saturated heterocycles. The number of hydrogen-bond acceptors (Lipinski definition) is 2. The fraction of sp³-hybridized carbons (Fsp3) is 0.385. The predicted molar refractivity (Wildman–Crippen MR) is 67.0 cm³/mol. The van der Waals surface area contributed by atoms with E-state index in [4.69, 9.17) is 16.9 Å². The van der Waals surface area contributed by atoms with Crippen LogP contribution in [0.4, 0.5) is 5.69 Å². The quantitative estimate of drug-likeness (QED) is 0.769. The van der Waals surface area contributed by atoms with Crippen LogP contribution < -0.4 is 4.90 Å². The SMILES string of the molecule is N#CCCCCN1C(=O)Cc2ccc(Cl)cc21. The zero-order valence-electron chi connectivity index (χ0n) is 9.45. The number of benzene rings is 1. The van der Waals surface area contributed by atoms with Gasteiger partial charge in [-0.25, -0.2) is 0 Å². The molecule has 88 valence electrons. The van der Waals surface area contributed by atoms with Crippen molar-refractivity contribution in [2.75, 3.05) is 11.4 Å². The number of amides is 1. The molecular weight excluding hydrogens is 236 g/mol. The first-order chi connectivity index (χ1) is 8.22. The molecular formula is C13H13ClN2O. The van der Waals surface area contributed by atoms with Gasteiger partial charge in [-0.2, -0.15) is 5.26 Å². The highest BCUT2D eigenvalue weighted by atomic mass is 35.5. The maximum absolute atomic E-state index is 11.8. The van der Waals surface area contributed by atoms with Crippen LogP contribution in [0.1, 0.15) is 24.8 Å². The molecule has 0 unspecified atom stereocenters. The molecule has 0 aromatic heterocycles. The Morgan fingerprint density at radius 1 is 1.41 bits per heavy atom. The number of nitriles is 1. The van der Waals surface area contributed by atoms with Crippen LogP contribution in [0, 0.1) is 11.3 Å². The first kappa shape index (κ1) is 11.9. The maximum atomic E-state index is 11.8. The van der Waals surface area contributed by atoms with Gasteiger partial charge in [-0.1, -0.05) is 17.7 Å². The molecule has 4 heteroatoms. The van der Waals surface area contributed by atoms with Crippen molar-refractivity contribution in [3.63, 3.8) is 0 Å². The monoisotopic (exact) mass is 248 g/mol. The summed E-state index contributed by atoms with van der Waals surface area (Å²) in [7, 11) is 0. The van der Waals surface area contributed by atoms with Gasteiger partial charge in [0.2, 0.25) is 5.91 Å². The maximum Gasteiger partial charge on any atom is 0.231 e. The topological polar surface area (TPSA) is 44.1 Å². The van der Waals surface area contributed by atoms with Crippen molar-refractivity contribution in [2.45, 2.75) is 25.7 Å². The number of nitrogens with zero attached hydrogens (tertiary/aromatic N) is 2. The van der Waals surface area contributed by atoms with E-state index in [1.165, 1.54) is 0 Å². The van der Waals surface area contributed by atoms with E-state index in [1.54, 1.807) is 4.90 Å². The number of unbranched alkanes of at least 4 members (excludes halogenated alkanes) is 2. The standard InChI is InChI=1S/C13H13ClN2O/c14-11-5-4-10-8-13(17)16(12(10)9-11)7-3-1-2-6-15/h4-5,9H,1-3,7-8H2. The van der Waals surface area contributed by atoms with Crippen LogP contribution in [0.2, 0.25) is 5.02 Å². The number of halogens is 1. The van der Waals surface area contributed by atoms with Gasteiger partial charge < -0.3 is 4.90 Å². The highest BCUT2D eigenvalue weighted by Crippen LogP contribution is 2.31. The van der Waals surface area contributed by atoms with Gasteiger partial charge in [0.25, 0.3) is 0 Å². The average molecular weight is 249 g/mol. The summed E-state index contributed by atoms with van der Waals surface area (Å²) in [6.45, 7) is 0.674. The molecule has 1 amide bonds. The van der Waals surface area contributed by atoms with Gasteiger partial charge in [-0.15, -0.1) is 0 Å². The largest absolute Gasteiger partial charge is 0.312 e. The second-order valence-corrected chi connectivity index (χ2v) is 4.55. The second kappa shape index (κ2) is 5.20. The molecule has 0 atom stereocenters. The van der Waals surface area contributed by atoms with Crippen molar-refractivity contribution in [1.29, 1.82) is 5.26 Å². The van der Waals surface area contributed by atoms with Gasteiger partial charge in [0.05, 0.1) is 12.5 Å². The normalized spacial score (nSPS) is 13.6. The van der Waals surface area contributed by atoms with Gasteiger partial charge >= 0.3 is 0 Å². The molecule has 0 fully saturated rings. The molecule has 0 aliphatic carbocycles. The summed E-state index contributed by atoms with van der Waals surface area (Å²) in [5.74, 6) is 0.124. The Hall–Kier alpha value is -1.53. The van der Waals surface area contributed by atoms with E-state index in [0.29, 0.717) is 24.4 Å². The molecule has 17 heavy (non-hydrogen) atoms. The summed E-state index contributed by atoms with van der Waals surface area (Å²) in [5, 5.41) is 9.11. The number of anilines is 1. The number of hydrogen-bond donors (Lipinski definition) is 0. The zero-order chi connectivity index (χ0) is 12.3. The molecule has 1 aromatic rings. The lowest BCUT2D eigenvalue weighted by molar-refractivity contribution is -0.117. The fourth-order valence-electron chi connectivity index (χ4n) is 2.05. The third-order valence-corrected chi connectivity index (χ3v) is 3.14. The summed E-state index contributed by atoms with van der Waals surface area (Å²) >= 11 is 5.94.